The fourth-order valence-electron chi connectivity index (χ4n) is 4.18. The van der Waals surface area contributed by atoms with E-state index in [-0.39, 0.29) is 23.4 Å². The SMILES string of the molecule is CCCC1=C(C(=O)OCC)[C@@H](c2cc(Cl)ccc2OC)n2c(s/c(=C/c3ccc([N+](=O)[O-])cc3)c2=O)=N1. The molecular weight excluding hydrogens is 518 g/mol. The van der Waals surface area contributed by atoms with Gasteiger partial charge >= 0.3 is 5.97 Å². The van der Waals surface area contributed by atoms with E-state index in [2.05, 4.69) is 0 Å². The molecule has 0 saturated carbocycles. The van der Waals surface area contributed by atoms with Gasteiger partial charge in [-0.2, -0.15) is 0 Å². The Balaban J connectivity index is 2.01. The van der Waals surface area contributed by atoms with E-state index in [1.54, 1.807) is 43.3 Å². The van der Waals surface area contributed by atoms with Crippen LogP contribution in [0.1, 0.15) is 43.9 Å². The summed E-state index contributed by atoms with van der Waals surface area (Å²) in [7, 11) is 1.51. The van der Waals surface area contributed by atoms with Crippen LogP contribution in [0.5, 0.6) is 5.75 Å². The number of methoxy groups -OCH3 is 1. The summed E-state index contributed by atoms with van der Waals surface area (Å²) in [4.78, 5) is 42.7. The summed E-state index contributed by atoms with van der Waals surface area (Å²) >= 11 is 7.52. The van der Waals surface area contributed by atoms with E-state index in [1.165, 1.54) is 35.1 Å². The van der Waals surface area contributed by atoms with Gasteiger partial charge in [0.1, 0.15) is 11.8 Å². The minimum absolute atomic E-state index is 0.0463. The molecule has 0 saturated heterocycles. The average molecular weight is 542 g/mol. The molecule has 0 radical (unpaired) electrons. The molecule has 3 aromatic rings. The maximum absolute atomic E-state index is 13.8. The van der Waals surface area contributed by atoms with Crippen LogP contribution in [0.3, 0.4) is 0 Å². The lowest BCUT2D eigenvalue weighted by molar-refractivity contribution is -0.384. The highest BCUT2D eigenvalue weighted by Crippen LogP contribution is 2.38. The quantitative estimate of drug-likeness (QED) is 0.240. The highest BCUT2D eigenvalue weighted by Gasteiger charge is 2.36. The van der Waals surface area contributed by atoms with E-state index in [0.717, 1.165) is 6.42 Å². The standard InChI is InChI=1S/C26H24ClN3O6S/c1-4-6-19-22(25(32)36-5-2)23(18-14-16(27)9-12-20(18)35-3)29-24(31)21(37-26(29)28-19)13-15-7-10-17(11-8-15)30(33)34/h7-14,23H,4-6H2,1-3H3/b21-13+/t23-/m1/s1. The van der Waals surface area contributed by atoms with Crippen LogP contribution in [0.2, 0.25) is 5.02 Å². The number of hydrogen-bond donors (Lipinski definition) is 0. The van der Waals surface area contributed by atoms with Crippen molar-refractivity contribution in [1.29, 1.82) is 0 Å². The van der Waals surface area contributed by atoms with E-state index in [0.29, 0.717) is 43.4 Å². The third-order valence-electron chi connectivity index (χ3n) is 5.78. The van der Waals surface area contributed by atoms with Gasteiger partial charge in [-0.3, -0.25) is 19.5 Å². The zero-order chi connectivity index (χ0) is 26.7. The second-order valence-corrected chi connectivity index (χ2v) is 9.59. The first-order chi connectivity index (χ1) is 17.8. The van der Waals surface area contributed by atoms with Crippen LogP contribution in [0.15, 0.2) is 63.5 Å². The van der Waals surface area contributed by atoms with E-state index < -0.39 is 16.9 Å². The Morgan fingerprint density at radius 1 is 1.24 bits per heavy atom. The number of nitro benzene ring substituents is 1. The largest absolute Gasteiger partial charge is 0.496 e. The molecule has 4 rings (SSSR count). The summed E-state index contributed by atoms with van der Waals surface area (Å²) in [6, 6.07) is 10.1. The number of fused-ring (bicyclic) bond motifs is 1. The predicted octanol–water partition coefficient (Wildman–Crippen LogP) is 4.15. The van der Waals surface area contributed by atoms with Crippen molar-refractivity contribution in [3.63, 3.8) is 0 Å². The van der Waals surface area contributed by atoms with Crippen LogP contribution in [0.25, 0.3) is 6.08 Å². The molecule has 0 fully saturated rings. The lowest BCUT2D eigenvalue weighted by atomic mass is 9.93. The Morgan fingerprint density at radius 2 is 1.97 bits per heavy atom. The number of non-ortho nitro benzene ring substituents is 1. The molecule has 2 heterocycles. The Kier molecular flexibility index (Phi) is 7.89. The predicted molar refractivity (Wildman–Crippen MR) is 141 cm³/mol. The average Bonchev–Trinajstić information content (AvgIpc) is 3.18. The van der Waals surface area contributed by atoms with Crippen molar-refractivity contribution in [3.05, 3.63) is 99.7 Å². The number of carbonyl (C=O) groups is 1. The molecule has 0 N–H and O–H groups in total. The Labute approximate surface area is 221 Å². The summed E-state index contributed by atoms with van der Waals surface area (Å²) in [6.45, 7) is 3.85. The minimum atomic E-state index is -0.871. The monoisotopic (exact) mass is 541 g/mol. The van der Waals surface area contributed by atoms with E-state index in [9.17, 15) is 19.7 Å². The van der Waals surface area contributed by atoms with Crippen LogP contribution in [-0.4, -0.2) is 29.2 Å². The number of nitrogens with zero attached hydrogens (tertiary/aromatic N) is 3. The summed E-state index contributed by atoms with van der Waals surface area (Å²) in [5.74, 6) is -0.106. The van der Waals surface area contributed by atoms with E-state index >= 15 is 0 Å². The van der Waals surface area contributed by atoms with Crippen molar-refractivity contribution in [3.8, 4) is 5.75 Å². The number of aromatic nitrogens is 1. The zero-order valence-corrected chi connectivity index (χ0v) is 22.0. The molecule has 2 aromatic carbocycles. The summed E-state index contributed by atoms with van der Waals surface area (Å²) in [5.41, 5.74) is 1.53. The van der Waals surface area contributed by atoms with E-state index in [1.807, 2.05) is 6.92 Å². The van der Waals surface area contributed by atoms with Gasteiger partial charge in [-0.05, 0) is 55.3 Å². The fourth-order valence-corrected chi connectivity index (χ4v) is 5.38. The van der Waals surface area contributed by atoms with Gasteiger partial charge in [0.15, 0.2) is 4.80 Å². The first-order valence-corrected chi connectivity index (χ1v) is 12.8. The van der Waals surface area contributed by atoms with Gasteiger partial charge in [-0.25, -0.2) is 9.79 Å². The molecule has 1 aliphatic rings. The molecule has 1 aliphatic heterocycles. The van der Waals surface area contributed by atoms with Crippen LogP contribution in [0.4, 0.5) is 5.69 Å². The van der Waals surface area contributed by atoms with Gasteiger partial charge in [0, 0.05) is 22.7 Å². The number of benzene rings is 2. The number of rotatable bonds is 8. The van der Waals surface area contributed by atoms with Crippen LogP contribution in [-0.2, 0) is 9.53 Å². The number of thiazole rings is 1. The minimum Gasteiger partial charge on any atom is -0.496 e. The first-order valence-electron chi connectivity index (χ1n) is 11.6. The topological polar surface area (TPSA) is 113 Å². The number of esters is 1. The fraction of sp³-hybridized carbons (Fsp3) is 0.269. The van der Waals surface area contributed by atoms with Crippen molar-refractivity contribution < 1.29 is 19.2 Å². The number of hydrogen-bond acceptors (Lipinski definition) is 8. The molecule has 1 atom stereocenters. The van der Waals surface area contributed by atoms with Crippen molar-refractivity contribution in [1.82, 2.24) is 4.57 Å². The Hall–Kier alpha value is -3.76. The van der Waals surface area contributed by atoms with Crippen LogP contribution >= 0.6 is 22.9 Å². The molecule has 0 aliphatic carbocycles. The normalized spacial score (nSPS) is 15.2. The van der Waals surface area contributed by atoms with Crippen LogP contribution in [0, 0.1) is 10.1 Å². The molecule has 9 nitrogen and oxygen atoms in total. The summed E-state index contributed by atoms with van der Waals surface area (Å²) < 4.78 is 12.8. The number of carbonyl (C=O) groups excluding carboxylic acids is 1. The highest BCUT2D eigenvalue weighted by molar-refractivity contribution is 7.07. The van der Waals surface area contributed by atoms with E-state index in [4.69, 9.17) is 26.1 Å². The van der Waals surface area contributed by atoms with Gasteiger partial charge in [0.2, 0.25) is 0 Å². The molecule has 192 valence electrons. The molecule has 0 bridgehead atoms. The Morgan fingerprint density at radius 3 is 2.59 bits per heavy atom. The number of ether oxygens (including phenoxy) is 2. The molecular formula is C26H24ClN3O6S. The number of nitro groups is 1. The number of halogens is 1. The summed E-state index contributed by atoms with van der Waals surface area (Å²) in [6.07, 6.45) is 2.87. The van der Waals surface area contributed by atoms with Crippen molar-refractivity contribution in [2.45, 2.75) is 32.7 Å². The zero-order valence-electron chi connectivity index (χ0n) is 20.4. The third kappa shape index (κ3) is 5.21. The smallest absolute Gasteiger partial charge is 0.338 e. The maximum Gasteiger partial charge on any atom is 0.338 e. The second kappa shape index (κ2) is 11.1. The Bertz CT molecular complexity index is 1570. The molecule has 37 heavy (non-hydrogen) atoms. The highest BCUT2D eigenvalue weighted by atomic mass is 35.5. The first kappa shape index (κ1) is 26.3. The van der Waals surface area contributed by atoms with Crippen molar-refractivity contribution >= 4 is 40.7 Å². The van der Waals surface area contributed by atoms with Gasteiger partial charge in [0.05, 0.1) is 34.4 Å². The van der Waals surface area contributed by atoms with Gasteiger partial charge in [0.25, 0.3) is 11.2 Å². The van der Waals surface area contributed by atoms with Gasteiger partial charge < -0.3 is 9.47 Å². The lowest BCUT2D eigenvalue weighted by Gasteiger charge is -2.27. The van der Waals surface area contributed by atoms with Crippen molar-refractivity contribution in [2.75, 3.05) is 13.7 Å². The lowest BCUT2D eigenvalue weighted by Crippen LogP contribution is -2.40. The second-order valence-electron chi connectivity index (χ2n) is 8.15. The molecule has 0 amide bonds. The third-order valence-corrected chi connectivity index (χ3v) is 7.00. The number of allylic oxidation sites excluding steroid dienone is 1. The molecule has 0 spiro atoms. The van der Waals surface area contributed by atoms with Crippen LogP contribution < -0.4 is 19.6 Å². The molecule has 1 aromatic heterocycles. The van der Waals surface area contributed by atoms with Gasteiger partial charge in [-0.1, -0.05) is 36.3 Å². The summed E-state index contributed by atoms with van der Waals surface area (Å²) in [5, 5.41) is 11.4. The molecule has 0 unspecified atom stereocenters. The van der Waals surface area contributed by atoms with Crippen molar-refractivity contribution in [2.24, 2.45) is 4.99 Å². The molecule has 11 heteroatoms. The van der Waals surface area contributed by atoms with Gasteiger partial charge in [-0.15, -0.1) is 0 Å². The maximum atomic E-state index is 13.8.